The molecule has 2 amide bonds. The highest BCUT2D eigenvalue weighted by molar-refractivity contribution is 5.96. The molecule has 0 saturated heterocycles. The fraction of sp³-hybridized carbons (Fsp3) is 0.167. The first-order valence-electron chi connectivity index (χ1n) is 9.59. The zero-order valence-corrected chi connectivity index (χ0v) is 16.0. The van der Waals surface area contributed by atoms with Crippen LogP contribution in [0.4, 0.5) is 8.78 Å². The van der Waals surface area contributed by atoms with E-state index in [0.29, 0.717) is 16.7 Å². The third-order valence-electron chi connectivity index (χ3n) is 5.43. The van der Waals surface area contributed by atoms with Gasteiger partial charge in [-0.15, -0.1) is 0 Å². The SMILES string of the molecule is NC(=O)c1ccccc1CN(C(=O)c1ccccc1)[C@@H]1c2ccccc2C(F)C1F. The number of amides is 2. The Bertz CT molecular complexity index is 1090. The van der Waals surface area contributed by atoms with Crippen molar-refractivity contribution in [1.29, 1.82) is 0 Å². The summed E-state index contributed by atoms with van der Waals surface area (Å²) in [5.74, 6) is -1.10. The van der Waals surface area contributed by atoms with Crippen LogP contribution in [0.2, 0.25) is 0 Å². The van der Waals surface area contributed by atoms with Crippen molar-refractivity contribution in [2.45, 2.75) is 24.9 Å². The highest BCUT2D eigenvalue weighted by atomic mass is 19.2. The maximum absolute atomic E-state index is 15.2. The molecule has 2 N–H and O–H groups in total. The molecular weight excluding hydrogens is 386 g/mol. The van der Waals surface area contributed by atoms with Crippen LogP contribution in [0.25, 0.3) is 0 Å². The van der Waals surface area contributed by atoms with Gasteiger partial charge in [0.2, 0.25) is 5.91 Å². The van der Waals surface area contributed by atoms with Crippen LogP contribution in [-0.4, -0.2) is 22.9 Å². The number of primary amides is 1. The van der Waals surface area contributed by atoms with Gasteiger partial charge in [-0.05, 0) is 34.9 Å². The van der Waals surface area contributed by atoms with Crippen LogP contribution in [0.15, 0.2) is 78.9 Å². The van der Waals surface area contributed by atoms with Crippen molar-refractivity contribution in [1.82, 2.24) is 4.90 Å². The van der Waals surface area contributed by atoms with Gasteiger partial charge < -0.3 is 10.6 Å². The summed E-state index contributed by atoms with van der Waals surface area (Å²) in [6.45, 7) is -0.0843. The van der Waals surface area contributed by atoms with Crippen molar-refractivity contribution in [3.63, 3.8) is 0 Å². The third kappa shape index (κ3) is 3.45. The molecule has 0 aromatic heterocycles. The van der Waals surface area contributed by atoms with Crippen molar-refractivity contribution in [2.75, 3.05) is 0 Å². The number of alkyl halides is 2. The molecular formula is C24H20F2N2O2. The number of hydrogen-bond donors (Lipinski definition) is 1. The molecule has 0 aliphatic heterocycles. The summed E-state index contributed by atoms with van der Waals surface area (Å²) in [4.78, 5) is 26.6. The molecule has 3 aromatic carbocycles. The summed E-state index contributed by atoms with van der Waals surface area (Å²) in [7, 11) is 0. The minimum atomic E-state index is -1.92. The molecule has 0 spiro atoms. The number of nitrogens with zero attached hydrogens (tertiary/aromatic N) is 1. The predicted molar refractivity (Wildman–Crippen MR) is 109 cm³/mol. The van der Waals surface area contributed by atoms with E-state index in [2.05, 4.69) is 0 Å². The lowest BCUT2D eigenvalue weighted by molar-refractivity contribution is 0.0442. The van der Waals surface area contributed by atoms with Crippen LogP contribution in [0, 0.1) is 0 Å². The van der Waals surface area contributed by atoms with Crippen molar-refractivity contribution in [3.05, 3.63) is 107 Å². The predicted octanol–water partition coefficient (Wildman–Crippen LogP) is 4.53. The number of carbonyl (C=O) groups excluding carboxylic acids is 2. The molecule has 0 saturated carbocycles. The summed E-state index contributed by atoms with van der Waals surface area (Å²) in [5.41, 5.74) is 7.21. The second-order valence-electron chi connectivity index (χ2n) is 7.24. The molecule has 0 radical (unpaired) electrons. The summed E-state index contributed by atoms with van der Waals surface area (Å²) in [6.07, 6.45) is -3.75. The molecule has 152 valence electrons. The van der Waals surface area contributed by atoms with Gasteiger partial charge in [0.15, 0.2) is 12.3 Å². The van der Waals surface area contributed by atoms with Crippen LogP contribution in [-0.2, 0) is 6.54 Å². The van der Waals surface area contributed by atoms with E-state index in [4.69, 9.17) is 5.73 Å². The van der Waals surface area contributed by atoms with Gasteiger partial charge in [0.25, 0.3) is 5.91 Å². The van der Waals surface area contributed by atoms with Crippen LogP contribution in [0.1, 0.15) is 49.6 Å². The van der Waals surface area contributed by atoms with Gasteiger partial charge in [-0.2, -0.15) is 0 Å². The van der Waals surface area contributed by atoms with Gasteiger partial charge in [-0.3, -0.25) is 9.59 Å². The van der Waals surface area contributed by atoms with Crippen molar-refractivity contribution in [3.8, 4) is 0 Å². The molecule has 1 aliphatic rings. The lowest BCUT2D eigenvalue weighted by Crippen LogP contribution is -2.38. The summed E-state index contributed by atoms with van der Waals surface area (Å²) >= 11 is 0. The van der Waals surface area contributed by atoms with Crippen LogP contribution in [0.3, 0.4) is 0 Å². The van der Waals surface area contributed by atoms with Gasteiger partial charge in [0.05, 0.1) is 6.04 Å². The lowest BCUT2D eigenvalue weighted by Gasteiger charge is -2.32. The zero-order valence-electron chi connectivity index (χ0n) is 16.0. The smallest absolute Gasteiger partial charge is 0.254 e. The molecule has 4 rings (SSSR count). The molecule has 1 aliphatic carbocycles. The summed E-state index contributed by atoms with van der Waals surface area (Å²) < 4.78 is 29.9. The minimum Gasteiger partial charge on any atom is -0.366 e. The first-order chi connectivity index (χ1) is 14.5. The quantitative estimate of drug-likeness (QED) is 0.677. The van der Waals surface area contributed by atoms with Crippen molar-refractivity contribution >= 4 is 11.8 Å². The van der Waals surface area contributed by atoms with Crippen molar-refractivity contribution in [2.24, 2.45) is 5.73 Å². The second kappa shape index (κ2) is 8.06. The van der Waals surface area contributed by atoms with E-state index in [-0.39, 0.29) is 17.7 Å². The van der Waals surface area contributed by atoms with Gasteiger partial charge >= 0.3 is 0 Å². The average molecular weight is 406 g/mol. The average Bonchev–Trinajstić information content (AvgIpc) is 3.03. The van der Waals surface area contributed by atoms with E-state index >= 15 is 4.39 Å². The monoisotopic (exact) mass is 406 g/mol. The lowest BCUT2D eigenvalue weighted by atomic mass is 10.0. The van der Waals surface area contributed by atoms with Gasteiger partial charge in [-0.1, -0.05) is 60.7 Å². The van der Waals surface area contributed by atoms with E-state index in [1.165, 1.54) is 11.0 Å². The molecule has 30 heavy (non-hydrogen) atoms. The zero-order chi connectivity index (χ0) is 21.3. The topological polar surface area (TPSA) is 63.4 Å². The highest BCUT2D eigenvalue weighted by Gasteiger charge is 2.46. The Morgan fingerprint density at radius 1 is 0.833 bits per heavy atom. The Morgan fingerprint density at radius 3 is 2.13 bits per heavy atom. The van der Waals surface area contributed by atoms with Crippen LogP contribution >= 0.6 is 0 Å². The molecule has 3 aromatic rings. The first kappa shape index (κ1) is 19.8. The number of hydrogen-bond acceptors (Lipinski definition) is 2. The molecule has 2 unspecified atom stereocenters. The Balaban J connectivity index is 1.81. The minimum absolute atomic E-state index is 0.0843. The highest BCUT2D eigenvalue weighted by Crippen LogP contribution is 2.47. The molecule has 0 heterocycles. The largest absolute Gasteiger partial charge is 0.366 e. The molecule has 6 heteroatoms. The Labute approximate surface area is 172 Å². The molecule has 0 bridgehead atoms. The fourth-order valence-corrected chi connectivity index (χ4v) is 4.00. The summed E-state index contributed by atoms with van der Waals surface area (Å²) in [6, 6.07) is 20.4. The number of rotatable bonds is 5. The Morgan fingerprint density at radius 2 is 1.43 bits per heavy atom. The van der Waals surface area contributed by atoms with E-state index in [9.17, 15) is 14.0 Å². The molecule has 3 atom stereocenters. The van der Waals surface area contributed by atoms with E-state index in [0.717, 1.165) is 0 Å². The Hall–Kier alpha value is -3.54. The molecule has 0 fully saturated rings. The Kier molecular flexibility index (Phi) is 5.31. The fourth-order valence-electron chi connectivity index (χ4n) is 4.00. The van der Waals surface area contributed by atoms with Gasteiger partial charge in [0, 0.05) is 17.7 Å². The van der Waals surface area contributed by atoms with E-state index in [1.807, 2.05) is 0 Å². The maximum Gasteiger partial charge on any atom is 0.254 e. The van der Waals surface area contributed by atoms with Crippen LogP contribution in [0.5, 0.6) is 0 Å². The van der Waals surface area contributed by atoms with Crippen LogP contribution < -0.4 is 5.73 Å². The van der Waals surface area contributed by atoms with E-state index in [1.54, 1.807) is 72.8 Å². The number of halogens is 2. The summed E-state index contributed by atoms with van der Waals surface area (Å²) in [5, 5.41) is 0. The standard InChI is InChI=1S/C24H20F2N2O2/c25-20-18-12-6-7-13-19(18)22(21(20)26)28(24(30)15-8-2-1-3-9-15)14-16-10-4-5-11-17(16)23(27)29/h1-13,20-22H,14H2,(H2,27,29)/t20?,21?,22-/m1/s1. The first-order valence-corrected chi connectivity index (χ1v) is 9.59. The molecule has 4 nitrogen and oxygen atoms in total. The van der Waals surface area contributed by atoms with Crippen molar-refractivity contribution < 1.29 is 18.4 Å². The number of nitrogens with two attached hydrogens (primary N) is 1. The van der Waals surface area contributed by atoms with Gasteiger partial charge in [-0.25, -0.2) is 8.78 Å². The number of fused-ring (bicyclic) bond motifs is 1. The number of carbonyl (C=O) groups is 2. The van der Waals surface area contributed by atoms with E-state index < -0.39 is 30.2 Å². The number of benzene rings is 3. The normalized spacial score (nSPS) is 19.9. The van der Waals surface area contributed by atoms with Gasteiger partial charge in [0.1, 0.15) is 0 Å². The maximum atomic E-state index is 15.2. The third-order valence-corrected chi connectivity index (χ3v) is 5.43. The second-order valence-corrected chi connectivity index (χ2v) is 7.24.